The number of hydrogen-bond acceptors (Lipinski definition) is 2. The van der Waals surface area contributed by atoms with E-state index < -0.39 is 6.09 Å². The fraction of sp³-hybridized carbons (Fsp3) is 0.100. The first-order chi connectivity index (χ1) is 12.0. The molecule has 0 aliphatic heterocycles. The van der Waals surface area contributed by atoms with Crippen LogP contribution in [0.1, 0.15) is 17.0 Å². The maximum atomic E-state index is 13.7. The van der Waals surface area contributed by atoms with Gasteiger partial charge in [-0.15, -0.1) is 0 Å². The monoisotopic (exact) mass is 334 g/mol. The molecule has 2 heterocycles. The van der Waals surface area contributed by atoms with Crippen LogP contribution in [0.3, 0.4) is 0 Å². The molecule has 0 aliphatic carbocycles. The number of benzene rings is 2. The normalized spacial score (nSPS) is 11.3. The molecule has 4 nitrogen and oxygen atoms in total. The van der Waals surface area contributed by atoms with Crippen molar-refractivity contribution in [2.75, 3.05) is 0 Å². The van der Waals surface area contributed by atoms with Gasteiger partial charge in [0, 0.05) is 28.6 Å². The second kappa shape index (κ2) is 5.70. The van der Waals surface area contributed by atoms with Gasteiger partial charge in [0.2, 0.25) is 0 Å². The van der Waals surface area contributed by atoms with Gasteiger partial charge >= 0.3 is 6.09 Å². The minimum absolute atomic E-state index is 0.386. The van der Waals surface area contributed by atoms with Crippen molar-refractivity contribution in [2.24, 2.45) is 0 Å². The lowest BCUT2D eigenvalue weighted by Gasteiger charge is -2.05. The van der Waals surface area contributed by atoms with Gasteiger partial charge in [-0.25, -0.2) is 13.8 Å². The van der Waals surface area contributed by atoms with Crippen molar-refractivity contribution >= 4 is 27.9 Å². The molecule has 0 fully saturated rings. The standard InChI is InChI=1S/C20H15FN2O2/c1-12-16(11-15-8-6-13-4-2-3-5-18(13)22-15)17-10-14(21)7-9-19(17)23(12)20(24)25/h2-10H,11H2,1H3,(H,24,25). The Morgan fingerprint density at radius 1 is 1.16 bits per heavy atom. The van der Waals surface area contributed by atoms with Crippen molar-refractivity contribution < 1.29 is 14.3 Å². The topological polar surface area (TPSA) is 55.1 Å². The van der Waals surface area contributed by atoms with Crippen LogP contribution in [0.5, 0.6) is 0 Å². The zero-order valence-corrected chi connectivity index (χ0v) is 13.5. The molecule has 4 aromatic rings. The summed E-state index contributed by atoms with van der Waals surface area (Å²) >= 11 is 0. The highest BCUT2D eigenvalue weighted by Crippen LogP contribution is 2.29. The fourth-order valence-electron chi connectivity index (χ4n) is 3.31. The molecule has 5 heteroatoms. The number of hydrogen-bond donors (Lipinski definition) is 1. The molecule has 25 heavy (non-hydrogen) atoms. The van der Waals surface area contributed by atoms with Gasteiger partial charge in [-0.05, 0) is 42.8 Å². The van der Waals surface area contributed by atoms with Crippen molar-refractivity contribution in [1.29, 1.82) is 0 Å². The molecule has 0 bridgehead atoms. The molecule has 0 radical (unpaired) electrons. The van der Waals surface area contributed by atoms with Gasteiger partial charge in [0.1, 0.15) is 5.82 Å². The minimum atomic E-state index is -1.08. The van der Waals surface area contributed by atoms with E-state index in [1.807, 2.05) is 36.4 Å². The van der Waals surface area contributed by atoms with Crippen LogP contribution in [-0.4, -0.2) is 20.8 Å². The Morgan fingerprint density at radius 3 is 2.76 bits per heavy atom. The van der Waals surface area contributed by atoms with Gasteiger partial charge in [-0.2, -0.15) is 0 Å². The van der Waals surface area contributed by atoms with Crippen molar-refractivity contribution in [3.05, 3.63) is 77.4 Å². The highest BCUT2D eigenvalue weighted by atomic mass is 19.1. The van der Waals surface area contributed by atoms with Crippen LogP contribution in [-0.2, 0) is 6.42 Å². The van der Waals surface area contributed by atoms with Crippen LogP contribution < -0.4 is 0 Å². The number of para-hydroxylation sites is 1. The Hall–Kier alpha value is -3.21. The smallest absolute Gasteiger partial charge is 0.416 e. The average Bonchev–Trinajstić information content (AvgIpc) is 2.86. The van der Waals surface area contributed by atoms with Crippen molar-refractivity contribution in [3.8, 4) is 0 Å². The molecule has 0 amide bonds. The lowest BCUT2D eigenvalue weighted by atomic mass is 10.0. The second-order valence-electron chi connectivity index (χ2n) is 6.02. The molecule has 0 atom stereocenters. The number of halogens is 1. The largest absolute Gasteiger partial charge is 0.464 e. The summed E-state index contributed by atoms with van der Waals surface area (Å²) in [6.45, 7) is 1.74. The molecule has 124 valence electrons. The third kappa shape index (κ3) is 2.54. The quantitative estimate of drug-likeness (QED) is 0.575. The van der Waals surface area contributed by atoms with Gasteiger partial charge in [-0.3, -0.25) is 4.98 Å². The Kier molecular flexibility index (Phi) is 3.50. The van der Waals surface area contributed by atoms with Crippen molar-refractivity contribution in [1.82, 2.24) is 9.55 Å². The summed E-state index contributed by atoms with van der Waals surface area (Å²) in [6.07, 6.45) is -0.636. The van der Waals surface area contributed by atoms with Gasteiger partial charge in [0.15, 0.2) is 0 Å². The first-order valence-electron chi connectivity index (χ1n) is 7.92. The molecule has 2 aromatic carbocycles. The first-order valence-corrected chi connectivity index (χ1v) is 7.92. The summed E-state index contributed by atoms with van der Waals surface area (Å²) in [5.74, 6) is -0.386. The summed E-state index contributed by atoms with van der Waals surface area (Å²) in [6, 6.07) is 15.9. The third-order valence-electron chi connectivity index (χ3n) is 4.50. The van der Waals surface area contributed by atoms with Crippen LogP contribution >= 0.6 is 0 Å². The molecule has 0 spiro atoms. The first kappa shape index (κ1) is 15.3. The number of nitrogens with zero attached hydrogens (tertiary/aromatic N) is 2. The van der Waals surface area contributed by atoms with Crippen molar-refractivity contribution in [2.45, 2.75) is 13.3 Å². The van der Waals surface area contributed by atoms with Crippen LogP contribution in [0.2, 0.25) is 0 Å². The number of aromatic nitrogens is 2. The number of carboxylic acid groups (broad SMARTS) is 1. The molecule has 1 N–H and O–H groups in total. The third-order valence-corrected chi connectivity index (χ3v) is 4.50. The van der Waals surface area contributed by atoms with E-state index in [1.54, 1.807) is 6.92 Å². The Labute approximate surface area is 143 Å². The molecule has 4 rings (SSSR count). The van der Waals surface area contributed by atoms with Crippen LogP contribution in [0, 0.1) is 12.7 Å². The van der Waals surface area contributed by atoms with E-state index in [2.05, 4.69) is 4.98 Å². The molecular weight excluding hydrogens is 319 g/mol. The average molecular weight is 334 g/mol. The maximum absolute atomic E-state index is 13.7. The Balaban J connectivity index is 1.89. The van der Waals surface area contributed by atoms with Gasteiger partial charge in [0.05, 0.1) is 11.0 Å². The predicted octanol–water partition coefficient (Wildman–Crippen LogP) is 4.75. The van der Waals surface area contributed by atoms with E-state index in [-0.39, 0.29) is 5.82 Å². The highest BCUT2D eigenvalue weighted by Gasteiger charge is 2.19. The van der Waals surface area contributed by atoms with Gasteiger partial charge in [0.25, 0.3) is 0 Å². The highest BCUT2D eigenvalue weighted by molar-refractivity contribution is 5.93. The predicted molar refractivity (Wildman–Crippen MR) is 94.6 cm³/mol. The zero-order valence-electron chi connectivity index (χ0n) is 13.5. The van der Waals surface area contributed by atoms with Crippen LogP contribution in [0.25, 0.3) is 21.8 Å². The lowest BCUT2D eigenvalue weighted by molar-refractivity contribution is 0.197. The summed E-state index contributed by atoms with van der Waals surface area (Å²) in [4.78, 5) is 16.3. The Morgan fingerprint density at radius 2 is 1.96 bits per heavy atom. The van der Waals surface area contributed by atoms with E-state index >= 15 is 0 Å². The van der Waals surface area contributed by atoms with Gasteiger partial charge < -0.3 is 5.11 Å². The van der Waals surface area contributed by atoms with Crippen LogP contribution in [0.4, 0.5) is 9.18 Å². The SMILES string of the molecule is Cc1c(Cc2ccc3ccccc3n2)c2cc(F)ccc2n1C(=O)O. The number of carbonyl (C=O) groups is 1. The maximum Gasteiger partial charge on any atom is 0.416 e. The minimum Gasteiger partial charge on any atom is -0.464 e. The molecule has 0 saturated heterocycles. The van der Waals surface area contributed by atoms with Crippen molar-refractivity contribution in [3.63, 3.8) is 0 Å². The number of rotatable bonds is 2. The summed E-state index contributed by atoms with van der Waals surface area (Å²) in [7, 11) is 0. The van der Waals surface area contributed by atoms with E-state index in [0.717, 1.165) is 22.2 Å². The molecular formula is C20H15FN2O2. The molecule has 0 aliphatic rings. The number of fused-ring (bicyclic) bond motifs is 2. The molecule has 0 saturated carbocycles. The Bertz CT molecular complexity index is 1130. The summed E-state index contributed by atoms with van der Waals surface area (Å²) in [5, 5.41) is 11.2. The van der Waals surface area contributed by atoms with Gasteiger partial charge in [-0.1, -0.05) is 24.3 Å². The zero-order chi connectivity index (χ0) is 17.6. The van der Waals surface area contributed by atoms with E-state index in [1.165, 1.54) is 22.8 Å². The summed E-state index contributed by atoms with van der Waals surface area (Å²) < 4.78 is 14.9. The van der Waals surface area contributed by atoms with Crippen LogP contribution in [0.15, 0.2) is 54.6 Å². The van der Waals surface area contributed by atoms with E-state index in [0.29, 0.717) is 23.0 Å². The summed E-state index contributed by atoms with van der Waals surface area (Å²) in [5.41, 5.74) is 3.55. The lowest BCUT2D eigenvalue weighted by Crippen LogP contribution is -2.09. The second-order valence-corrected chi connectivity index (χ2v) is 6.02. The molecule has 0 unspecified atom stereocenters. The number of pyridine rings is 1. The van der Waals surface area contributed by atoms with E-state index in [9.17, 15) is 14.3 Å². The molecule has 2 aromatic heterocycles. The fourth-order valence-corrected chi connectivity index (χ4v) is 3.31. The van der Waals surface area contributed by atoms with E-state index in [4.69, 9.17) is 0 Å².